The normalized spacial score (nSPS) is 29.9. The summed E-state index contributed by atoms with van der Waals surface area (Å²) >= 11 is 0. The van der Waals surface area contributed by atoms with Crippen molar-refractivity contribution < 1.29 is 9.53 Å². The average molecular weight is 254 g/mol. The van der Waals surface area contributed by atoms with Crippen LogP contribution in [0.2, 0.25) is 0 Å². The van der Waals surface area contributed by atoms with E-state index in [2.05, 4.69) is 10.2 Å². The standard InChI is InChI=1S/C14H26N2O2/c1-3-18-14(17)11(2)10-15-12-6-8-16-7-4-5-13(16)9-12/h11-13,15H,3-10H2,1-2H3. The zero-order valence-corrected chi connectivity index (χ0v) is 11.7. The van der Waals surface area contributed by atoms with Crippen LogP contribution in [0, 0.1) is 5.92 Å². The van der Waals surface area contributed by atoms with E-state index in [4.69, 9.17) is 4.74 Å². The van der Waals surface area contributed by atoms with E-state index in [1.807, 2.05) is 13.8 Å². The van der Waals surface area contributed by atoms with Gasteiger partial charge in [0.05, 0.1) is 12.5 Å². The highest BCUT2D eigenvalue weighted by Gasteiger charge is 2.31. The molecule has 0 bridgehead atoms. The molecule has 2 heterocycles. The zero-order valence-electron chi connectivity index (χ0n) is 11.7. The maximum atomic E-state index is 11.5. The maximum absolute atomic E-state index is 11.5. The molecule has 3 atom stereocenters. The van der Waals surface area contributed by atoms with E-state index in [9.17, 15) is 4.79 Å². The molecule has 2 saturated heterocycles. The summed E-state index contributed by atoms with van der Waals surface area (Å²) < 4.78 is 5.03. The number of hydrogen-bond acceptors (Lipinski definition) is 4. The molecule has 0 aliphatic carbocycles. The highest BCUT2D eigenvalue weighted by atomic mass is 16.5. The quantitative estimate of drug-likeness (QED) is 0.753. The molecule has 0 amide bonds. The molecule has 0 aromatic rings. The van der Waals surface area contributed by atoms with Gasteiger partial charge in [-0.05, 0) is 45.7 Å². The molecule has 18 heavy (non-hydrogen) atoms. The van der Waals surface area contributed by atoms with Gasteiger partial charge in [0.1, 0.15) is 0 Å². The molecule has 2 aliphatic heterocycles. The molecular weight excluding hydrogens is 228 g/mol. The molecule has 4 heteroatoms. The van der Waals surface area contributed by atoms with E-state index in [0.29, 0.717) is 12.6 Å². The van der Waals surface area contributed by atoms with Gasteiger partial charge in [-0.3, -0.25) is 4.79 Å². The first-order chi connectivity index (χ1) is 8.70. The Hall–Kier alpha value is -0.610. The van der Waals surface area contributed by atoms with Gasteiger partial charge >= 0.3 is 5.97 Å². The van der Waals surface area contributed by atoms with Gasteiger partial charge in [0, 0.05) is 18.6 Å². The van der Waals surface area contributed by atoms with E-state index in [-0.39, 0.29) is 11.9 Å². The lowest BCUT2D eigenvalue weighted by Gasteiger charge is -2.35. The molecule has 3 unspecified atom stereocenters. The summed E-state index contributed by atoms with van der Waals surface area (Å²) in [6.45, 7) is 7.52. The molecule has 2 fully saturated rings. The first-order valence-electron chi connectivity index (χ1n) is 7.34. The van der Waals surface area contributed by atoms with Crippen molar-refractivity contribution in [2.75, 3.05) is 26.2 Å². The second kappa shape index (κ2) is 6.53. The highest BCUT2D eigenvalue weighted by molar-refractivity contribution is 5.72. The van der Waals surface area contributed by atoms with Crippen LogP contribution in [0.25, 0.3) is 0 Å². The van der Waals surface area contributed by atoms with Gasteiger partial charge in [0.25, 0.3) is 0 Å². The highest BCUT2D eigenvalue weighted by Crippen LogP contribution is 2.26. The molecule has 0 radical (unpaired) electrons. The van der Waals surface area contributed by atoms with Crippen molar-refractivity contribution in [1.29, 1.82) is 0 Å². The topological polar surface area (TPSA) is 41.6 Å². The molecule has 0 aromatic heterocycles. The van der Waals surface area contributed by atoms with Crippen molar-refractivity contribution in [3.05, 3.63) is 0 Å². The van der Waals surface area contributed by atoms with Crippen LogP contribution in [0.3, 0.4) is 0 Å². The van der Waals surface area contributed by atoms with Crippen LogP contribution in [-0.2, 0) is 9.53 Å². The lowest BCUT2D eigenvalue weighted by molar-refractivity contribution is -0.147. The zero-order chi connectivity index (χ0) is 13.0. The van der Waals surface area contributed by atoms with E-state index >= 15 is 0 Å². The number of piperidine rings is 1. The Bertz CT molecular complexity index is 283. The van der Waals surface area contributed by atoms with Crippen LogP contribution in [0.4, 0.5) is 0 Å². The summed E-state index contributed by atoms with van der Waals surface area (Å²) in [5.74, 6) is -0.116. The fraction of sp³-hybridized carbons (Fsp3) is 0.929. The van der Waals surface area contributed by atoms with Gasteiger partial charge in [-0.25, -0.2) is 0 Å². The van der Waals surface area contributed by atoms with E-state index in [1.165, 1.54) is 38.8 Å². The number of nitrogens with zero attached hydrogens (tertiary/aromatic N) is 1. The number of carbonyl (C=O) groups is 1. The summed E-state index contributed by atoms with van der Waals surface area (Å²) in [5.41, 5.74) is 0. The largest absolute Gasteiger partial charge is 0.466 e. The first-order valence-corrected chi connectivity index (χ1v) is 7.34. The van der Waals surface area contributed by atoms with E-state index in [1.54, 1.807) is 0 Å². The van der Waals surface area contributed by atoms with Crippen molar-refractivity contribution in [3.8, 4) is 0 Å². The number of carbonyl (C=O) groups excluding carboxylic acids is 1. The van der Waals surface area contributed by atoms with Crippen molar-refractivity contribution in [2.24, 2.45) is 5.92 Å². The second-order valence-electron chi connectivity index (χ2n) is 5.61. The minimum atomic E-state index is -0.0803. The smallest absolute Gasteiger partial charge is 0.309 e. The molecule has 4 nitrogen and oxygen atoms in total. The molecule has 0 aromatic carbocycles. The van der Waals surface area contributed by atoms with Gasteiger partial charge in [0.2, 0.25) is 0 Å². The molecule has 0 saturated carbocycles. The molecular formula is C14H26N2O2. The molecule has 1 N–H and O–H groups in total. The second-order valence-corrected chi connectivity index (χ2v) is 5.61. The maximum Gasteiger partial charge on any atom is 0.309 e. The lowest BCUT2D eigenvalue weighted by Crippen LogP contribution is -2.47. The molecule has 0 spiro atoms. The number of ether oxygens (including phenoxy) is 1. The van der Waals surface area contributed by atoms with Crippen molar-refractivity contribution in [3.63, 3.8) is 0 Å². The summed E-state index contributed by atoms with van der Waals surface area (Å²) in [5, 5.41) is 3.55. The van der Waals surface area contributed by atoms with Crippen LogP contribution in [0.15, 0.2) is 0 Å². The Morgan fingerprint density at radius 2 is 2.28 bits per heavy atom. The van der Waals surface area contributed by atoms with Crippen LogP contribution < -0.4 is 5.32 Å². The Labute approximate surface area is 110 Å². The Morgan fingerprint density at radius 1 is 1.44 bits per heavy atom. The number of nitrogens with one attached hydrogen (secondary N) is 1. The monoisotopic (exact) mass is 254 g/mol. The third-order valence-electron chi connectivity index (χ3n) is 4.22. The predicted molar refractivity (Wildman–Crippen MR) is 71.4 cm³/mol. The molecule has 104 valence electrons. The number of rotatable bonds is 5. The minimum Gasteiger partial charge on any atom is -0.466 e. The van der Waals surface area contributed by atoms with Crippen molar-refractivity contribution >= 4 is 5.97 Å². The van der Waals surface area contributed by atoms with Gasteiger partial charge in [0.15, 0.2) is 0 Å². The minimum absolute atomic E-state index is 0.0356. The summed E-state index contributed by atoms with van der Waals surface area (Å²) in [6.07, 6.45) is 5.17. The third-order valence-corrected chi connectivity index (χ3v) is 4.22. The number of fused-ring (bicyclic) bond motifs is 1. The number of hydrogen-bond donors (Lipinski definition) is 1. The molecule has 2 rings (SSSR count). The summed E-state index contributed by atoms with van der Waals surface area (Å²) in [4.78, 5) is 14.1. The Morgan fingerprint density at radius 3 is 3.06 bits per heavy atom. The fourth-order valence-corrected chi connectivity index (χ4v) is 3.12. The van der Waals surface area contributed by atoms with Gasteiger partial charge in [-0.1, -0.05) is 6.92 Å². The van der Waals surface area contributed by atoms with Gasteiger partial charge in [-0.15, -0.1) is 0 Å². The van der Waals surface area contributed by atoms with Gasteiger partial charge in [-0.2, -0.15) is 0 Å². The van der Waals surface area contributed by atoms with Crippen LogP contribution in [-0.4, -0.2) is 49.2 Å². The van der Waals surface area contributed by atoms with Gasteiger partial charge < -0.3 is 15.0 Å². The third kappa shape index (κ3) is 3.45. The lowest BCUT2D eigenvalue weighted by atomic mass is 9.97. The summed E-state index contributed by atoms with van der Waals surface area (Å²) in [6, 6.07) is 1.37. The number of esters is 1. The van der Waals surface area contributed by atoms with Crippen LogP contribution >= 0.6 is 0 Å². The van der Waals surface area contributed by atoms with Crippen LogP contribution in [0.5, 0.6) is 0 Å². The molecule has 2 aliphatic rings. The average Bonchev–Trinajstić information content (AvgIpc) is 2.83. The van der Waals surface area contributed by atoms with Crippen molar-refractivity contribution in [1.82, 2.24) is 10.2 Å². The Kier molecular flexibility index (Phi) is 5.01. The van der Waals surface area contributed by atoms with Crippen LogP contribution in [0.1, 0.15) is 39.5 Å². The predicted octanol–water partition coefficient (Wildman–Crippen LogP) is 1.40. The summed E-state index contributed by atoms with van der Waals surface area (Å²) in [7, 11) is 0. The fourth-order valence-electron chi connectivity index (χ4n) is 3.12. The van der Waals surface area contributed by atoms with E-state index < -0.39 is 0 Å². The SMILES string of the molecule is CCOC(=O)C(C)CNC1CCN2CCCC2C1. The van der Waals surface area contributed by atoms with E-state index in [0.717, 1.165) is 12.6 Å². The van der Waals surface area contributed by atoms with Crippen molar-refractivity contribution in [2.45, 2.75) is 51.6 Å². The first kappa shape index (κ1) is 13.8. The Balaban J connectivity index is 1.69.